The standard InChI is InChI=1S/C13H19N3O/c1-9-11(4-3-5-12(9)14)8-16-7-6-15-13(17)10(16)2/h3-5,10H,6-8,14H2,1-2H3,(H,15,17). The van der Waals surface area contributed by atoms with Crippen LogP contribution in [0.2, 0.25) is 0 Å². The van der Waals surface area contributed by atoms with Crippen molar-refractivity contribution in [3.63, 3.8) is 0 Å². The first kappa shape index (κ1) is 11.9. The normalized spacial score (nSPS) is 21.3. The minimum Gasteiger partial charge on any atom is -0.399 e. The number of nitrogens with two attached hydrogens (primary N) is 1. The van der Waals surface area contributed by atoms with E-state index in [4.69, 9.17) is 5.73 Å². The Bertz CT molecular complexity index is 431. The van der Waals surface area contributed by atoms with Gasteiger partial charge in [0.05, 0.1) is 6.04 Å². The van der Waals surface area contributed by atoms with Crippen LogP contribution in [0.25, 0.3) is 0 Å². The van der Waals surface area contributed by atoms with Gasteiger partial charge < -0.3 is 11.1 Å². The first-order chi connectivity index (χ1) is 8.09. The number of benzene rings is 1. The summed E-state index contributed by atoms with van der Waals surface area (Å²) >= 11 is 0. The molecule has 1 aliphatic rings. The molecule has 1 saturated heterocycles. The summed E-state index contributed by atoms with van der Waals surface area (Å²) in [4.78, 5) is 13.8. The highest BCUT2D eigenvalue weighted by molar-refractivity contribution is 5.82. The predicted octanol–water partition coefficient (Wildman–Crippen LogP) is 0.898. The van der Waals surface area contributed by atoms with Crippen LogP contribution in [0, 0.1) is 6.92 Å². The average Bonchev–Trinajstić information content (AvgIpc) is 2.31. The lowest BCUT2D eigenvalue weighted by molar-refractivity contribution is -0.128. The van der Waals surface area contributed by atoms with Crippen LogP contribution in [0.5, 0.6) is 0 Å². The molecule has 1 fully saturated rings. The van der Waals surface area contributed by atoms with E-state index in [1.54, 1.807) is 0 Å². The van der Waals surface area contributed by atoms with Gasteiger partial charge in [0.25, 0.3) is 0 Å². The van der Waals surface area contributed by atoms with Gasteiger partial charge in [-0.15, -0.1) is 0 Å². The van der Waals surface area contributed by atoms with E-state index in [0.29, 0.717) is 0 Å². The maximum atomic E-state index is 11.6. The molecular weight excluding hydrogens is 214 g/mol. The fraction of sp³-hybridized carbons (Fsp3) is 0.462. The monoisotopic (exact) mass is 233 g/mol. The summed E-state index contributed by atoms with van der Waals surface area (Å²) < 4.78 is 0. The van der Waals surface area contributed by atoms with Crippen LogP contribution in [0.4, 0.5) is 5.69 Å². The number of nitrogens with zero attached hydrogens (tertiary/aromatic N) is 1. The van der Waals surface area contributed by atoms with Crippen molar-refractivity contribution in [2.45, 2.75) is 26.4 Å². The molecule has 0 bridgehead atoms. The average molecular weight is 233 g/mol. The number of rotatable bonds is 2. The lowest BCUT2D eigenvalue weighted by atomic mass is 10.1. The fourth-order valence-corrected chi connectivity index (χ4v) is 2.14. The van der Waals surface area contributed by atoms with Crippen LogP contribution in [0.1, 0.15) is 18.1 Å². The van der Waals surface area contributed by atoms with Crippen LogP contribution in [0.3, 0.4) is 0 Å². The molecule has 4 nitrogen and oxygen atoms in total. The zero-order valence-corrected chi connectivity index (χ0v) is 10.4. The van der Waals surface area contributed by atoms with Crippen LogP contribution in [-0.4, -0.2) is 29.9 Å². The van der Waals surface area contributed by atoms with E-state index in [9.17, 15) is 4.79 Å². The van der Waals surface area contributed by atoms with Gasteiger partial charge in [-0.3, -0.25) is 9.69 Å². The van der Waals surface area contributed by atoms with Crippen molar-refractivity contribution in [3.8, 4) is 0 Å². The largest absolute Gasteiger partial charge is 0.399 e. The SMILES string of the molecule is Cc1c(N)cccc1CN1CCNC(=O)C1C. The molecular formula is C13H19N3O. The number of piperazine rings is 1. The Morgan fingerprint density at radius 1 is 1.53 bits per heavy atom. The van der Waals surface area contributed by atoms with Crippen LogP contribution >= 0.6 is 0 Å². The number of amides is 1. The second-order valence-electron chi connectivity index (χ2n) is 4.57. The van der Waals surface area contributed by atoms with Gasteiger partial charge >= 0.3 is 0 Å². The summed E-state index contributed by atoms with van der Waals surface area (Å²) in [5.74, 6) is 0.109. The van der Waals surface area contributed by atoms with Crippen LogP contribution in [0.15, 0.2) is 18.2 Å². The lowest BCUT2D eigenvalue weighted by Gasteiger charge is -2.33. The van der Waals surface area contributed by atoms with Crippen molar-refractivity contribution >= 4 is 11.6 Å². The summed E-state index contributed by atoms with van der Waals surface area (Å²) in [5.41, 5.74) is 9.02. The van der Waals surface area contributed by atoms with E-state index in [1.807, 2.05) is 26.0 Å². The van der Waals surface area contributed by atoms with E-state index >= 15 is 0 Å². The van der Waals surface area contributed by atoms with Crippen LogP contribution < -0.4 is 11.1 Å². The highest BCUT2D eigenvalue weighted by Crippen LogP contribution is 2.19. The zero-order valence-electron chi connectivity index (χ0n) is 10.4. The number of carbonyl (C=O) groups excluding carboxylic acids is 1. The molecule has 1 atom stereocenters. The maximum absolute atomic E-state index is 11.6. The second-order valence-corrected chi connectivity index (χ2v) is 4.57. The number of anilines is 1. The molecule has 0 aliphatic carbocycles. The Kier molecular flexibility index (Phi) is 3.33. The number of carbonyl (C=O) groups is 1. The molecule has 1 aromatic rings. The van der Waals surface area contributed by atoms with E-state index in [0.717, 1.165) is 30.9 Å². The van der Waals surface area contributed by atoms with Crippen molar-refractivity contribution in [2.75, 3.05) is 18.8 Å². The van der Waals surface area contributed by atoms with Gasteiger partial charge in [-0.2, -0.15) is 0 Å². The van der Waals surface area contributed by atoms with Crippen molar-refractivity contribution < 1.29 is 4.79 Å². The molecule has 0 radical (unpaired) electrons. The Morgan fingerprint density at radius 2 is 2.29 bits per heavy atom. The molecule has 1 unspecified atom stereocenters. The summed E-state index contributed by atoms with van der Waals surface area (Å²) in [6.45, 7) is 6.37. The Hall–Kier alpha value is -1.55. The summed E-state index contributed by atoms with van der Waals surface area (Å²) in [6.07, 6.45) is 0. The van der Waals surface area contributed by atoms with E-state index in [1.165, 1.54) is 5.56 Å². The van der Waals surface area contributed by atoms with E-state index in [2.05, 4.69) is 16.3 Å². The third kappa shape index (κ3) is 2.42. The first-order valence-electron chi connectivity index (χ1n) is 5.95. The summed E-state index contributed by atoms with van der Waals surface area (Å²) in [5, 5.41) is 2.87. The lowest BCUT2D eigenvalue weighted by Crippen LogP contribution is -2.53. The third-order valence-electron chi connectivity index (χ3n) is 3.49. The Morgan fingerprint density at radius 3 is 3.06 bits per heavy atom. The number of hydrogen-bond donors (Lipinski definition) is 2. The zero-order chi connectivity index (χ0) is 12.4. The Labute approximate surface area is 102 Å². The molecule has 92 valence electrons. The molecule has 0 spiro atoms. The summed E-state index contributed by atoms with van der Waals surface area (Å²) in [7, 11) is 0. The smallest absolute Gasteiger partial charge is 0.237 e. The molecule has 4 heteroatoms. The van der Waals surface area contributed by atoms with Gasteiger partial charge in [0.1, 0.15) is 0 Å². The predicted molar refractivity (Wildman–Crippen MR) is 68.5 cm³/mol. The quantitative estimate of drug-likeness (QED) is 0.746. The van der Waals surface area contributed by atoms with Crippen molar-refractivity contribution in [3.05, 3.63) is 29.3 Å². The second kappa shape index (κ2) is 4.75. The molecule has 1 aliphatic heterocycles. The highest BCUT2D eigenvalue weighted by atomic mass is 16.2. The third-order valence-corrected chi connectivity index (χ3v) is 3.49. The number of nitrogen functional groups attached to an aromatic ring is 1. The molecule has 0 aromatic heterocycles. The molecule has 3 N–H and O–H groups in total. The highest BCUT2D eigenvalue weighted by Gasteiger charge is 2.25. The fourth-order valence-electron chi connectivity index (χ4n) is 2.14. The molecule has 1 heterocycles. The van der Waals surface area contributed by atoms with E-state index < -0.39 is 0 Å². The topological polar surface area (TPSA) is 58.4 Å². The van der Waals surface area contributed by atoms with Crippen molar-refractivity contribution in [2.24, 2.45) is 0 Å². The number of nitrogens with one attached hydrogen (secondary N) is 1. The van der Waals surface area contributed by atoms with Gasteiger partial charge in [-0.1, -0.05) is 12.1 Å². The van der Waals surface area contributed by atoms with Gasteiger partial charge in [-0.25, -0.2) is 0 Å². The van der Waals surface area contributed by atoms with Gasteiger partial charge in [0, 0.05) is 25.3 Å². The Balaban J connectivity index is 2.15. The van der Waals surface area contributed by atoms with Gasteiger partial charge in [-0.05, 0) is 31.0 Å². The number of hydrogen-bond acceptors (Lipinski definition) is 3. The molecule has 0 saturated carbocycles. The van der Waals surface area contributed by atoms with Crippen molar-refractivity contribution in [1.29, 1.82) is 0 Å². The van der Waals surface area contributed by atoms with Gasteiger partial charge in [0.2, 0.25) is 5.91 Å². The first-order valence-corrected chi connectivity index (χ1v) is 5.95. The molecule has 17 heavy (non-hydrogen) atoms. The van der Waals surface area contributed by atoms with Gasteiger partial charge in [0.15, 0.2) is 0 Å². The minimum absolute atomic E-state index is 0.0652. The maximum Gasteiger partial charge on any atom is 0.237 e. The van der Waals surface area contributed by atoms with Crippen LogP contribution in [-0.2, 0) is 11.3 Å². The minimum atomic E-state index is -0.0652. The molecule has 1 aromatic carbocycles. The van der Waals surface area contributed by atoms with Crippen molar-refractivity contribution in [1.82, 2.24) is 10.2 Å². The molecule has 1 amide bonds. The molecule has 2 rings (SSSR count). The summed E-state index contributed by atoms with van der Waals surface area (Å²) in [6, 6.07) is 5.88. The van der Waals surface area contributed by atoms with E-state index in [-0.39, 0.29) is 11.9 Å².